The van der Waals surface area contributed by atoms with E-state index in [1.54, 1.807) is 0 Å². The zero-order valence-electron chi connectivity index (χ0n) is 15.0. The number of benzene rings is 1. The smallest absolute Gasteiger partial charge is 0.142 e. The highest BCUT2D eigenvalue weighted by Crippen LogP contribution is 2.50. The topological polar surface area (TPSA) is 61.5 Å². The number of nitrogens with zero attached hydrogens (tertiary/aromatic N) is 2. The molecular formula is C19H27N3O2. The molecular weight excluding hydrogens is 302 g/mol. The van der Waals surface area contributed by atoms with Crippen molar-refractivity contribution in [3.63, 3.8) is 0 Å². The van der Waals surface area contributed by atoms with Crippen LogP contribution < -0.4 is 5.32 Å². The molecule has 2 heterocycles. The van der Waals surface area contributed by atoms with Crippen LogP contribution in [0.25, 0.3) is 0 Å². The van der Waals surface area contributed by atoms with Crippen LogP contribution in [0.2, 0.25) is 0 Å². The fraction of sp³-hybridized carbons (Fsp3) is 0.526. The third-order valence-electron chi connectivity index (χ3n) is 4.97. The Morgan fingerprint density at radius 3 is 2.62 bits per heavy atom. The summed E-state index contributed by atoms with van der Waals surface area (Å²) in [5.41, 5.74) is 3.92. The van der Waals surface area contributed by atoms with Crippen LogP contribution in [0.3, 0.4) is 0 Å². The maximum Gasteiger partial charge on any atom is 0.142 e. The van der Waals surface area contributed by atoms with Gasteiger partial charge in [-0.15, -0.1) is 0 Å². The average Bonchev–Trinajstić information content (AvgIpc) is 3.12. The van der Waals surface area contributed by atoms with Crippen molar-refractivity contribution in [2.75, 3.05) is 32.6 Å². The van der Waals surface area contributed by atoms with Crippen LogP contribution in [0.5, 0.6) is 0 Å². The Bertz CT molecular complexity index is 689. The second kappa shape index (κ2) is 6.57. The fourth-order valence-electron chi connectivity index (χ4n) is 4.08. The molecule has 130 valence electrons. The number of aryl methyl sites for hydroxylation is 2. The lowest BCUT2D eigenvalue weighted by atomic mass is 9.76. The van der Waals surface area contributed by atoms with Crippen LogP contribution >= 0.6 is 0 Å². The zero-order valence-corrected chi connectivity index (χ0v) is 15.0. The van der Waals surface area contributed by atoms with E-state index in [-0.39, 0.29) is 12.5 Å². The molecule has 0 aliphatic carbocycles. The first-order valence-electron chi connectivity index (χ1n) is 8.68. The molecule has 0 fully saturated rings. The second-order valence-electron chi connectivity index (χ2n) is 6.79. The maximum absolute atomic E-state index is 10.3. The van der Waals surface area contributed by atoms with Gasteiger partial charge in [0.25, 0.3) is 0 Å². The second-order valence-corrected chi connectivity index (χ2v) is 6.79. The number of hydrogen-bond donors (Lipinski definition) is 2. The number of anilines is 1. The van der Waals surface area contributed by atoms with Crippen molar-refractivity contribution in [3.8, 4) is 0 Å². The summed E-state index contributed by atoms with van der Waals surface area (Å²) in [6.07, 6.45) is 1.60. The van der Waals surface area contributed by atoms with Crippen molar-refractivity contribution in [1.29, 1.82) is 0 Å². The molecule has 1 aromatic carbocycles. The number of aromatic nitrogens is 1. The minimum Gasteiger partial charge on any atom is -0.396 e. The number of nitrogens with one attached hydrogen (secondary N) is 1. The van der Waals surface area contributed by atoms with Crippen LogP contribution in [0.4, 0.5) is 5.69 Å². The van der Waals surface area contributed by atoms with Crippen LogP contribution in [0, 0.1) is 0 Å². The molecule has 1 aliphatic heterocycles. The molecule has 0 radical (unpaired) electrons. The van der Waals surface area contributed by atoms with Gasteiger partial charge in [0, 0.05) is 30.1 Å². The average molecular weight is 329 g/mol. The highest BCUT2D eigenvalue weighted by Gasteiger charge is 2.50. The van der Waals surface area contributed by atoms with E-state index in [0.717, 1.165) is 47.7 Å². The van der Waals surface area contributed by atoms with Crippen molar-refractivity contribution in [2.24, 2.45) is 0 Å². The van der Waals surface area contributed by atoms with Gasteiger partial charge in [0.05, 0.1) is 17.8 Å². The number of hydrogen-bond acceptors (Lipinski definition) is 5. The summed E-state index contributed by atoms with van der Waals surface area (Å²) in [4.78, 5) is 2.16. The molecule has 0 spiro atoms. The quantitative estimate of drug-likeness (QED) is 0.853. The highest BCUT2D eigenvalue weighted by atomic mass is 16.5. The Hall–Kier alpha value is -1.85. The summed E-state index contributed by atoms with van der Waals surface area (Å²) in [7, 11) is 4.12. The van der Waals surface area contributed by atoms with Crippen LogP contribution in [-0.4, -0.2) is 42.4 Å². The van der Waals surface area contributed by atoms with E-state index in [1.807, 2.05) is 12.1 Å². The van der Waals surface area contributed by atoms with Gasteiger partial charge in [0.2, 0.25) is 0 Å². The number of para-hydroxylation sites is 1. The molecule has 2 unspecified atom stereocenters. The molecule has 0 amide bonds. The number of likely N-dealkylation sites (N-methyl/N-ethyl adjacent to an activating group) is 1. The minimum atomic E-state index is -0.432. The monoisotopic (exact) mass is 329 g/mol. The largest absolute Gasteiger partial charge is 0.396 e. The third-order valence-corrected chi connectivity index (χ3v) is 4.97. The van der Waals surface area contributed by atoms with Gasteiger partial charge in [-0.05, 0) is 32.1 Å². The van der Waals surface area contributed by atoms with Gasteiger partial charge in [-0.2, -0.15) is 0 Å². The molecule has 2 atom stereocenters. The molecule has 0 saturated carbocycles. The van der Waals surface area contributed by atoms with E-state index in [0.29, 0.717) is 0 Å². The SMILES string of the molecule is CCc1noc(CC)c1C1(CN(C)C)Nc2ccccc2C1CO. The Labute approximate surface area is 143 Å². The highest BCUT2D eigenvalue weighted by molar-refractivity contribution is 5.65. The van der Waals surface area contributed by atoms with Gasteiger partial charge in [-0.25, -0.2) is 0 Å². The standard InChI is InChI=1S/C19H27N3O2/c1-5-15-18(17(6-2)24-21-15)19(12-22(3)4)14(11-23)13-9-7-8-10-16(13)20-19/h7-10,14,20,23H,5-6,11-12H2,1-4H3. The van der Waals surface area contributed by atoms with Crippen molar-refractivity contribution in [2.45, 2.75) is 38.1 Å². The van der Waals surface area contributed by atoms with E-state index >= 15 is 0 Å². The van der Waals surface area contributed by atoms with Crippen molar-refractivity contribution < 1.29 is 9.63 Å². The van der Waals surface area contributed by atoms with Crippen molar-refractivity contribution >= 4 is 5.69 Å². The number of aliphatic hydroxyl groups is 1. The Morgan fingerprint density at radius 1 is 1.25 bits per heavy atom. The zero-order chi connectivity index (χ0) is 17.3. The summed E-state index contributed by atoms with van der Waals surface area (Å²) >= 11 is 0. The molecule has 5 nitrogen and oxygen atoms in total. The van der Waals surface area contributed by atoms with Gasteiger partial charge in [0.15, 0.2) is 0 Å². The van der Waals surface area contributed by atoms with Crippen LogP contribution in [-0.2, 0) is 18.4 Å². The molecule has 1 aromatic heterocycles. The van der Waals surface area contributed by atoms with E-state index in [9.17, 15) is 5.11 Å². The van der Waals surface area contributed by atoms with Gasteiger partial charge < -0.3 is 19.8 Å². The lowest BCUT2D eigenvalue weighted by molar-refractivity contribution is 0.192. The Kier molecular flexibility index (Phi) is 4.65. The van der Waals surface area contributed by atoms with Gasteiger partial charge in [-0.1, -0.05) is 37.2 Å². The third kappa shape index (κ3) is 2.52. The molecule has 0 saturated heterocycles. The fourth-order valence-corrected chi connectivity index (χ4v) is 4.08. The van der Waals surface area contributed by atoms with Gasteiger partial charge in [0.1, 0.15) is 5.76 Å². The van der Waals surface area contributed by atoms with Crippen LogP contribution in [0.15, 0.2) is 28.8 Å². The van der Waals surface area contributed by atoms with E-state index < -0.39 is 5.54 Å². The molecule has 5 heteroatoms. The predicted molar refractivity (Wildman–Crippen MR) is 95.4 cm³/mol. The van der Waals surface area contributed by atoms with E-state index in [1.165, 1.54) is 0 Å². The van der Waals surface area contributed by atoms with E-state index in [2.05, 4.69) is 55.4 Å². The lowest BCUT2D eigenvalue weighted by Crippen LogP contribution is -2.47. The molecule has 0 bridgehead atoms. The van der Waals surface area contributed by atoms with Crippen LogP contribution in [0.1, 0.15) is 42.3 Å². The normalized spacial score (nSPS) is 22.7. The molecule has 24 heavy (non-hydrogen) atoms. The summed E-state index contributed by atoms with van der Waals surface area (Å²) in [5.74, 6) is 0.874. The molecule has 3 rings (SSSR count). The van der Waals surface area contributed by atoms with E-state index in [4.69, 9.17) is 4.52 Å². The first-order valence-corrected chi connectivity index (χ1v) is 8.68. The summed E-state index contributed by atoms with van der Waals surface area (Å²) in [6.45, 7) is 5.02. The van der Waals surface area contributed by atoms with Crippen molar-refractivity contribution in [3.05, 3.63) is 46.8 Å². The Balaban J connectivity index is 2.23. The molecule has 2 N–H and O–H groups in total. The number of aliphatic hydroxyl groups excluding tert-OH is 1. The first kappa shape index (κ1) is 17.0. The molecule has 1 aliphatic rings. The maximum atomic E-state index is 10.3. The first-order chi connectivity index (χ1) is 11.6. The van der Waals surface area contributed by atoms with Gasteiger partial charge >= 0.3 is 0 Å². The number of fused-ring (bicyclic) bond motifs is 1. The minimum absolute atomic E-state index is 0.0360. The lowest BCUT2D eigenvalue weighted by Gasteiger charge is -2.38. The molecule has 2 aromatic rings. The van der Waals surface area contributed by atoms with Gasteiger partial charge in [-0.3, -0.25) is 0 Å². The summed E-state index contributed by atoms with van der Waals surface area (Å²) < 4.78 is 5.66. The number of rotatable bonds is 6. The summed E-state index contributed by atoms with van der Waals surface area (Å²) in [5, 5.41) is 18.3. The Morgan fingerprint density at radius 2 is 2.00 bits per heavy atom. The summed E-state index contributed by atoms with van der Waals surface area (Å²) in [6, 6.07) is 8.25. The predicted octanol–water partition coefficient (Wildman–Crippen LogP) is 2.76. The van der Waals surface area contributed by atoms with Crippen molar-refractivity contribution in [1.82, 2.24) is 10.1 Å².